The summed E-state index contributed by atoms with van der Waals surface area (Å²) in [6.45, 7) is 8.69. The molecule has 0 unspecified atom stereocenters. The van der Waals surface area contributed by atoms with Crippen LogP contribution in [0.1, 0.15) is 61.1 Å². The van der Waals surface area contributed by atoms with Crippen molar-refractivity contribution in [1.82, 2.24) is 4.90 Å². The van der Waals surface area contributed by atoms with Gasteiger partial charge in [-0.05, 0) is 76.2 Å². The van der Waals surface area contributed by atoms with E-state index in [0.717, 1.165) is 24.7 Å². The number of benzene rings is 1. The molecule has 0 amide bonds. The molecule has 1 aromatic carbocycles. The SMILES string of the molecule is Cc1c(OCCN2CCCCC2)cc2c(c1C)O[C@H]1CCC[C@@H]21. The number of nitrogens with zero attached hydrogens (tertiary/aromatic N) is 1. The summed E-state index contributed by atoms with van der Waals surface area (Å²) in [6, 6.07) is 2.28. The Balaban J connectivity index is 1.46. The van der Waals surface area contributed by atoms with Crippen molar-refractivity contribution in [3.05, 3.63) is 22.8 Å². The fraction of sp³-hybridized carbons (Fsp3) is 0.700. The van der Waals surface area contributed by atoms with E-state index in [1.165, 1.54) is 68.3 Å². The normalized spacial score (nSPS) is 26.7. The van der Waals surface area contributed by atoms with Crippen LogP contribution in [0.4, 0.5) is 0 Å². The average Bonchev–Trinajstić information content (AvgIpc) is 3.15. The summed E-state index contributed by atoms with van der Waals surface area (Å²) in [5.74, 6) is 2.84. The summed E-state index contributed by atoms with van der Waals surface area (Å²) in [4.78, 5) is 2.54. The molecule has 2 aliphatic heterocycles. The van der Waals surface area contributed by atoms with E-state index in [0.29, 0.717) is 12.0 Å². The van der Waals surface area contributed by atoms with Crippen molar-refractivity contribution in [1.29, 1.82) is 0 Å². The van der Waals surface area contributed by atoms with Crippen molar-refractivity contribution in [2.45, 2.75) is 64.4 Å². The summed E-state index contributed by atoms with van der Waals surface area (Å²) in [5, 5.41) is 0. The molecule has 3 heteroatoms. The predicted octanol–water partition coefficient (Wildman–Crippen LogP) is 4.20. The lowest BCUT2D eigenvalue weighted by atomic mass is 9.94. The minimum atomic E-state index is 0.423. The third kappa shape index (κ3) is 2.84. The maximum absolute atomic E-state index is 6.23. The highest BCUT2D eigenvalue weighted by Gasteiger charge is 2.39. The van der Waals surface area contributed by atoms with Crippen LogP contribution >= 0.6 is 0 Å². The Morgan fingerprint density at radius 1 is 1.09 bits per heavy atom. The van der Waals surface area contributed by atoms with Crippen LogP contribution in [0.5, 0.6) is 11.5 Å². The van der Waals surface area contributed by atoms with Crippen LogP contribution in [0.2, 0.25) is 0 Å². The van der Waals surface area contributed by atoms with E-state index in [1.807, 2.05) is 0 Å². The minimum Gasteiger partial charge on any atom is -0.492 e. The van der Waals surface area contributed by atoms with Gasteiger partial charge in [0.25, 0.3) is 0 Å². The third-order valence-electron chi connectivity index (χ3n) is 6.06. The van der Waals surface area contributed by atoms with Gasteiger partial charge in [-0.15, -0.1) is 0 Å². The smallest absolute Gasteiger partial charge is 0.126 e. The zero-order valence-electron chi connectivity index (χ0n) is 14.6. The lowest BCUT2D eigenvalue weighted by Crippen LogP contribution is -2.33. The first-order valence-electron chi connectivity index (χ1n) is 9.40. The molecule has 2 heterocycles. The van der Waals surface area contributed by atoms with Crippen molar-refractivity contribution < 1.29 is 9.47 Å². The lowest BCUT2D eigenvalue weighted by Gasteiger charge is -2.26. The Bertz CT molecular complexity index is 577. The second-order valence-electron chi connectivity index (χ2n) is 7.49. The highest BCUT2D eigenvalue weighted by Crippen LogP contribution is 2.50. The molecule has 2 atom stereocenters. The monoisotopic (exact) mass is 315 g/mol. The van der Waals surface area contributed by atoms with Crippen LogP contribution in [0, 0.1) is 13.8 Å². The molecule has 4 rings (SSSR count). The topological polar surface area (TPSA) is 21.7 Å². The van der Waals surface area contributed by atoms with Crippen molar-refractivity contribution in [3.63, 3.8) is 0 Å². The fourth-order valence-corrected chi connectivity index (χ4v) is 4.51. The van der Waals surface area contributed by atoms with Gasteiger partial charge in [0.1, 0.15) is 24.2 Å². The van der Waals surface area contributed by atoms with Gasteiger partial charge in [0.05, 0.1) is 0 Å². The molecule has 1 saturated carbocycles. The predicted molar refractivity (Wildman–Crippen MR) is 92.7 cm³/mol. The van der Waals surface area contributed by atoms with E-state index in [4.69, 9.17) is 9.47 Å². The maximum atomic E-state index is 6.23. The maximum Gasteiger partial charge on any atom is 0.126 e. The average molecular weight is 315 g/mol. The van der Waals surface area contributed by atoms with Crippen LogP contribution in [0.3, 0.4) is 0 Å². The van der Waals surface area contributed by atoms with Crippen LogP contribution in [-0.2, 0) is 0 Å². The highest BCUT2D eigenvalue weighted by atomic mass is 16.5. The number of hydrogen-bond acceptors (Lipinski definition) is 3. The minimum absolute atomic E-state index is 0.423. The number of likely N-dealkylation sites (tertiary alicyclic amines) is 1. The molecule has 126 valence electrons. The van der Waals surface area contributed by atoms with Gasteiger partial charge in [0, 0.05) is 18.0 Å². The Labute approximate surface area is 140 Å². The van der Waals surface area contributed by atoms with E-state index in [-0.39, 0.29) is 0 Å². The number of hydrogen-bond donors (Lipinski definition) is 0. The highest BCUT2D eigenvalue weighted by molar-refractivity contribution is 5.56. The van der Waals surface area contributed by atoms with Gasteiger partial charge in [-0.25, -0.2) is 0 Å². The van der Waals surface area contributed by atoms with Crippen molar-refractivity contribution >= 4 is 0 Å². The molecule has 1 aromatic rings. The molecule has 3 nitrogen and oxygen atoms in total. The Hall–Kier alpha value is -1.22. The third-order valence-corrected chi connectivity index (χ3v) is 6.06. The van der Waals surface area contributed by atoms with Crippen molar-refractivity contribution in [2.24, 2.45) is 0 Å². The molecule has 0 N–H and O–H groups in total. The summed E-state index contributed by atoms with van der Waals surface area (Å²) in [6.07, 6.45) is 8.29. The van der Waals surface area contributed by atoms with Gasteiger partial charge in [-0.2, -0.15) is 0 Å². The Morgan fingerprint density at radius 2 is 1.91 bits per heavy atom. The van der Waals surface area contributed by atoms with Gasteiger partial charge in [0.2, 0.25) is 0 Å². The van der Waals surface area contributed by atoms with E-state index >= 15 is 0 Å². The van der Waals surface area contributed by atoms with Gasteiger partial charge < -0.3 is 9.47 Å². The quantitative estimate of drug-likeness (QED) is 0.831. The van der Waals surface area contributed by atoms with Crippen LogP contribution in [0.15, 0.2) is 6.07 Å². The summed E-state index contributed by atoms with van der Waals surface area (Å²) >= 11 is 0. The number of fused-ring (bicyclic) bond motifs is 3. The van der Waals surface area contributed by atoms with Crippen LogP contribution in [-0.4, -0.2) is 37.2 Å². The zero-order chi connectivity index (χ0) is 15.8. The molecule has 23 heavy (non-hydrogen) atoms. The number of rotatable bonds is 4. The second kappa shape index (κ2) is 6.35. The lowest BCUT2D eigenvalue weighted by molar-refractivity contribution is 0.183. The first-order chi connectivity index (χ1) is 11.2. The summed E-state index contributed by atoms with van der Waals surface area (Å²) in [5.41, 5.74) is 3.94. The first-order valence-corrected chi connectivity index (χ1v) is 9.40. The van der Waals surface area contributed by atoms with E-state index in [1.54, 1.807) is 0 Å². The molecule has 1 saturated heterocycles. The second-order valence-corrected chi connectivity index (χ2v) is 7.49. The van der Waals surface area contributed by atoms with E-state index in [2.05, 4.69) is 24.8 Å². The fourth-order valence-electron chi connectivity index (χ4n) is 4.51. The molecule has 0 spiro atoms. The Morgan fingerprint density at radius 3 is 2.74 bits per heavy atom. The molecular formula is C20H29NO2. The molecule has 0 radical (unpaired) electrons. The number of piperidine rings is 1. The van der Waals surface area contributed by atoms with Gasteiger partial charge in [-0.3, -0.25) is 4.90 Å². The van der Waals surface area contributed by atoms with Gasteiger partial charge in [-0.1, -0.05) is 6.42 Å². The molecule has 1 aliphatic carbocycles. The molecule has 2 fully saturated rings. The van der Waals surface area contributed by atoms with Crippen LogP contribution in [0.25, 0.3) is 0 Å². The molecule has 3 aliphatic rings. The van der Waals surface area contributed by atoms with Crippen molar-refractivity contribution in [2.75, 3.05) is 26.2 Å². The largest absolute Gasteiger partial charge is 0.492 e. The van der Waals surface area contributed by atoms with Gasteiger partial charge >= 0.3 is 0 Å². The molecule has 0 aromatic heterocycles. The summed E-state index contributed by atoms with van der Waals surface area (Å²) < 4.78 is 12.4. The van der Waals surface area contributed by atoms with Gasteiger partial charge in [0.15, 0.2) is 0 Å². The molecule has 0 bridgehead atoms. The Kier molecular flexibility index (Phi) is 4.23. The molecular weight excluding hydrogens is 286 g/mol. The zero-order valence-corrected chi connectivity index (χ0v) is 14.6. The first kappa shape index (κ1) is 15.3. The summed E-state index contributed by atoms with van der Waals surface area (Å²) in [7, 11) is 0. The van der Waals surface area contributed by atoms with Crippen molar-refractivity contribution in [3.8, 4) is 11.5 Å². The van der Waals surface area contributed by atoms with E-state index in [9.17, 15) is 0 Å². The van der Waals surface area contributed by atoms with E-state index < -0.39 is 0 Å². The van der Waals surface area contributed by atoms with Crippen LogP contribution < -0.4 is 9.47 Å². The number of ether oxygens (including phenoxy) is 2. The standard InChI is InChI=1S/C20H29NO2/c1-14-15(2)20-17(16-7-6-8-18(16)23-20)13-19(14)22-12-11-21-9-4-3-5-10-21/h13,16,18H,3-12H2,1-2H3/t16-,18-/m0/s1.